The highest BCUT2D eigenvalue weighted by molar-refractivity contribution is 5.88. The number of hydrogen-bond donors (Lipinski definition) is 2. The number of hydrogen-bond acceptors (Lipinski definition) is 6. The second-order valence-electron chi connectivity index (χ2n) is 3.63. The quantitative estimate of drug-likeness (QED) is 0.469. The molecule has 0 aromatic heterocycles. The van der Waals surface area contributed by atoms with Gasteiger partial charge in [-0.1, -0.05) is 0 Å². The fourth-order valence-corrected chi connectivity index (χ4v) is 1.28. The molecule has 112 valence electrons. The number of methoxy groups -OCH3 is 2. The van der Waals surface area contributed by atoms with Crippen molar-refractivity contribution in [1.82, 2.24) is 10.6 Å². The van der Waals surface area contributed by atoms with E-state index in [-0.39, 0.29) is 31.2 Å². The smallest absolute Gasteiger partial charge is 0.328 e. The standard InChI is InChI=1S/C11H20N2O5.ClH/c1-12-6-4-5-9(14)13-8(11(16)18-3)7-10(15)17-2;/h8,12H,4-7H2,1-3H3,(H,13,14);1H. The Bertz CT molecular complexity index is 299. The zero-order chi connectivity index (χ0) is 14.0. The first-order valence-corrected chi connectivity index (χ1v) is 5.63. The molecule has 1 atom stereocenters. The molecule has 0 saturated carbocycles. The SMILES string of the molecule is CNCCCC(=O)NC(CC(=O)OC)C(=O)OC.Cl. The van der Waals surface area contributed by atoms with Gasteiger partial charge in [-0.15, -0.1) is 12.4 Å². The summed E-state index contributed by atoms with van der Waals surface area (Å²) in [6, 6.07) is -0.996. The van der Waals surface area contributed by atoms with Crippen LogP contribution in [0.2, 0.25) is 0 Å². The minimum absolute atomic E-state index is 0. The molecule has 1 amide bonds. The van der Waals surface area contributed by atoms with Gasteiger partial charge in [-0.2, -0.15) is 0 Å². The number of carbonyl (C=O) groups excluding carboxylic acids is 3. The summed E-state index contributed by atoms with van der Waals surface area (Å²) in [5, 5.41) is 5.36. The van der Waals surface area contributed by atoms with E-state index in [2.05, 4.69) is 20.1 Å². The molecule has 0 bridgehead atoms. The molecular weight excluding hydrogens is 276 g/mol. The summed E-state index contributed by atoms with van der Waals surface area (Å²) in [5.41, 5.74) is 0. The number of carbonyl (C=O) groups is 3. The van der Waals surface area contributed by atoms with Crippen LogP contribution in [0.5, 0.6) is 0 Å². The van der Waals surface area contributed by atoms with Crippen LogP contribution in [0.1, 0.15) is 19.3 Å². The number of ether oxygens (including phenoxy) is 2. The van der Waals surface area contributed by atoms with Gasteiger partial charge in [0.25, 0.3) is 0 Å². The number of halogens is 1. The van der Waals surface area contributed by atoms with Crippen molar-refractivity contribution in [2.75, 3.05) is 27.8 Å². The molecule has 0 saturated heterocycles. The highest BCUT2D eigenvalue weighted by Crippen LogP contribution is 1.99. The zero-order valence-electron chi connectivity index (χ0n) is 11.4. The molecule has 0 radical (unpaired) electrons. The second kappa shape index (κ2) is 11.7. The van der Waals surface area contributed by atoms with Gasteiger partial charge < -0.3 is 20.1 Å². The molecule has 0 rings (SSSR count). The maximum Gasteiger partial charge on any atom is 0.328 e. The highest BCUT2D eigenvalue weighted by atomic mass is 35.5. The summed E-state index contributed by atoms with van der Waals surface area (Å²) < 4.78 is 8.96. The fourth-order valence-electron chi connectivity index (χ4n) is 1.28. The van der Waals surface area contributed by atoms with Crippen LogP contribution < -0.4 is 10.6 Å². The zero-order valence-corrected chi connectivity index (χ0v) is 12.2. The van der Waals surface area contributed by atoms with Crippen molar-refractivity contribution in [3.05, 3.63) is 0 Å². The van der Waals surface area contributed by atoms with E-state index in [0.717, 1.165) is 0 Å². The van der Waals surface area contributed by atoms with Crippen LogP contribution in [0.15, 0.2) is 0 Å². The van der Waals surface area contributed by atoms with Gasteiger partial charge in [0.05, 0.1) is 20.6 Å². The van der Waals surface area contributed by atoms with Crippen molar-refractivity contribution in [3.63, 3.8) is 0 Å². The Morgan fingerprint density at radius 3 is 2.26 bits per heavy atom. The summed E-state index contributed by atoms with van der Waals surface area (Å²) in [5.74, 6) is -1.55. The van der Waals surface area contributed by atoms with Gasteiger partial charge in [-0.3, -0.25) is 9.59 Å². The summed E-state index contributed by atoms with van der Waals surface area (Å²) in [4.78, 5) is 34.0. The van der Waals surface area contributed by atoms with Crippen LogP contribution in [0.3, 0.4) is 0 Å². The molecule has 0 aliphatic rings. The van der Waals surface area contributed by atoms with E-state index in [1.807, 2.05) is 0 Å². The molecule has 1 unspecified atom stereocenters. The lowest BCUT2D eigenvalue weighted by Gasteiger charge is -2.15. The maximum atomic E-state index is 11.5. The summed E-state index contributed by atoms with van der Waals surface area (Å²) >= 11 is 0. The molecule has 0 aromatic rings. The van der Waals surface area contributed by atoms with E-state index < -0.39 is 18.0 Å². The summed E-state index contributed by atoms with van der Waals surface area (Å²) in [7, 11) is 4.19. The summed E-state index contributed by atoms with van der Waals surface area (Å²) in [6.45, 7) is 0.702. The minimum atomic E-state index is -0.996. The molecule has 0 aliphatic heterocycles. The van der Waals surface area contributed by atoms with E-state index in [1.54, 1.807) is 7.05 Å². The number of rotatable bonds is 8. The van der Waals surface area contributed by atoms with E-state index in [9.17, 15) is 14.4 Å². The second-order valence-corrected chi connectivity index (χ2v) is 3.63. The molecule has 0 spiro atoms. The Morgan fingerprint density at radius 1 is 1.16 bits per heavy atom. The molecule has 2 N–H and O–H groups in total. The van der Waals surface area contributed by atoms with Crippen molar-refractivity contribution in [3.8, 4) is 0 Å². The largest absolute Gasteiger partial charge is 0.469 e. The molecule has 0 aliphatic carbocycles. The fraction of sp³-hybridized carbons (Fsp3) is 0.727. The molecule has 19 heavy (non-hydrogen) atoms. The average molecular weight is 297 g/mol. The Balaban J connectivity index is 0. The maximum absolute atomic E-state index is 11.5. The minimum Gasteiger partial charge on any atom is -0.469 e. The topological polar surface area (TPSA) is 93.7 Å². The molecule has 0 aromatic carbocycles. The van der Waals surface area contributed by atoms with Crippen LogP contribution in [0, 0.1) is 0 Å². The van der Waals surface area contributed by atoms with Gasteiger partial charge in [0.1, 0.15) is 6.04 Å². The van der Waals surface area contributed by atoms with Crippen molar-refractivity contribution in [2.45, 2.75) is 25.3 Å². The number of esters is 2. The first-order chi connectivity index (χ1) is 8.54. The Labute approximate surface area is 118 Å². The number of nitrogens with one attached hydrogen (secondary N) is 2. The van der Waals surface area contributed by atoms with Crippen molar-refractivity contribution in [1.29, 1.82) is 0 Å². The van der Waals surface area contributed by atoms with E-state index in [4.69, 9.17) is 0 Å². The third-order valence-electron chi connectivity index (χ3n) is 2.25. The first-order valence-electron chi connectivity index (χ1n) is 5.63. The van der Waals surface area contributed by atoms with Gasteiger partial charge in [-0.25, -0.2) is 4.79 Å². The van der Waals surface area contributed by atoms with Crippen LogP contribution in [-0.2, 0) is 23.9 Å². The predicted molar refractivity (Wildman–Crippen MR) is 71.0 cm³/mol. The highest BCUT2D eigenvalue weighted by Gasteiger charge is 2.24. The third kappa shape index (κ3) is 9.26. The van der Waals surface area contributed by atoms with Gasteiger partial charge in [0.15, 0.2) is 0 Å². The lowest BCUT2D eigenvalue weighted by molar-refractivity contribution is -0.150. The predicted octanol–water partition coefficient (Wildman–Crippen LogP) is -0.371. The summed E-state index contributed by atoms with van der Waals surface area (Å²) in [6.07, 6.45) is 0.685. The van der Waals surface area contributed by atoms with Crippen LogP contribution in [0.4, 0.5) is 0 Å². The molecule has 7 nitrogen and oxygen atoms in total. The average Bonchev–Trinajstić information content (AvgIpc) is 2.37. The molecule has 8 heteroatoms. The Kier molecular flexibility index (Phi) is 12.3. The van der Waals surface area contributed by atoms with Gasteiger partial charge in [-0.05, 0) is 20.0 Å². The van der Waals surface area contributed by atoms with Crippen LogP contribution in [0.25, 0.3) is 0 Å². The van der Waals surface area contributed by atoms with Crippen molar-refractivity contribution in [2.24, 2.45) is 0 Å². The lowest BCUT2D eigenvalue weighted by atomic mass is 10.2. The van der Waals surface area contributed by atoms with Crippen LogP contribution >= 0.6 is 12.4 Å². The van der Waals surface area contributed by atoms with Gasteiger partial charge >= 0.3 is 11.9 Å². The van der Waals surface area contributed by atoms with E-state index in [0.29, 0.717) is 13.0 Å². The molecular formula is C11H21ClN2O5. The normalized spacial score (nSPS) is 10.9. The monoisotopic (exact) mass is 296 g/mol. The van der Waals surface area contributed by atoms with E-state index in [1.165, 1.54) is 14.2 Å². The third-order valence-corrected chi connectivity index (χ3v) is 2.25. The molecule has 0 heterocycles. The van der Waals surface area contributed by atoms with Crippen LogP contribution in [-0.4, -0.2) is 51.7 Å². The lowest BCUT2D eigenvalue weighted by Crippen LogP contribution is -2.43. The Hall–Kier alpha value is -1.34. The first kappa shape index (κ1) is 20.0. The van der Waals surface area contributed by atoms with E-state index >= 15 is 0 Å². The van der Waals surface area contributed by atoms with Crippen molar-refractivity contribution >= 4 is 30.3 Å². The van der Waals surface area contributed by atoms with Gasteiger partial charge in [0.2, 0.25) is 5.91 Å². The molecule has 0 fully saturated rings. The number of amides is 1. The van der Waals surface area contributed by atoms with Crippen molar-refractivity contribution < 1.29 is 23.9 Å². The Morgan fingerprint density at radius 2 is 1.79 bits per heavy atom. The van der Waals surface area contributed by atoms with Gasteiger partial charge in [0, 0.05) is 6.42 Å².